The second kappa shape index (κ2) is 6.17. The normalized spacial score (nSPS) is 17.4. The number of aromatic nitrogens is 1. The average Bonchev–Trinajstić information content (AvgIpc) is 2.42. The first-order chi connectivity index (χ1) is 9.03. The van der Waals surface area contributed by atoms with Crippen molar-refractivity contribution in [1.82, 2.24) is 9.71 Å². The molecule has 0 unspecified atom stereocenters. The molecule has 0 saturated carbocycles. The highest BCUT2D eigenvalue weighted by molar-refractivity contribution is 9.10. The predicted molar refractivity (Wildman–Crippen MR) is 72.7 cm³/mol. The van der Waals surface area contributed by atoms with Crippen LogP contribution in [0, 0.1) is 0 Å². The first-order valence-electron chi connectivity index (χ1n) is 5.86. The van der Waals surface area contributed by atoms with Gasteiger partial charge >= 0.3 is 0 Å². The summed E-state index contributed by atoms with van der Waals surface area (Å²) in [7, 11) is -2.13. The smallest absolute Gasteiger partial charge is 0.241 e. The van der Waals surface area contributed by atoms with Gasteiger partial charge in [0.15, 0.2) is 0 Å². The van der Waals surface area contributed by atoms with E-state index in [9.17, 15) is 8.42 Å². The predicted octanol–water partition coefficient (Wildman–Crippen LogP) is 1.31. The molecular formula is C11H15BrN2O4S. The van der Waals surface area contributed by atoms with Crippen LogP contribution in [0.3, 0.4) is 0 Å². The Bertz CT molecular complexity index is 544. The maximum atomic E-state index is 11.6. The van der Waals surface area contributed by atoms with E-state index in [4.69, 9.17) is 9.47 Å². The summed E-state index contributed by atoms with van der Waals surface area (Å²) in [6.07, 6.45) is 2.96. The van der Waals surface area contributed by atoms with Crippen molar-refractivity contribution in [2.45, 2.75) is 23.8 Å². The maximum Gasteiger partial charge on any atom is 0.241 e. The van der Waals surface area contributed by atoms with Gasteiger partial charge in [0.2, 0.25) is 15.9 Å². The van der Waals surface area contributed by atoms with Crippen LogP contribution in [0.25, 0.3) is 0 Å². The average molecular weight is 351 g/mol. The van der Waals surface area contributed by atoms with Gasteiger partial charge in [0.05, 0.1) is 23.9 Å². The second-order valence-electron chi connectivity index (χ2n) is 4.10. The van der Waals surface area contributed by atoms with E-state index in [0.29, 0.717) is 23.6 Å². The fourth-order valence-electron chi connectivity index (χ4n) is 1.71. The highest BCUT2D eigenvalue weighted by Crippen LogP contribution is 2.27. The van der Waals surface area contributed by atoms with Crippen LogP contribution >= 0.6 is 15.9 Å². The molecule has 106 valence electrons. The second-order valence-corrected chi connectivity index (χ2v) is 6.84. The zero-order chi connectivity index (χ0) is 13.9. The van der Waals surface area contributed by atoms with Crippen molar-refractivity contribution in [1.29, 1.82) is 0 Å². The summed E-state index contributed by atoms with van der Waals surface area (Å²) in [5.41, 5.74) is 0. The Morgan fingerprint density at radius 2 is 2.16 bits per heavy atom. The van der Waals surface area contributed by atoms with Gasteiger partial charge in [-0.3, -0.25) is 0 Å². The number of hydrogen-bond donors (Lipinski definition) is 1. The molecule has 19 heavy (non-hydrogen) atoms. The number of nitrogens with zero attached hydrogens (tertiary/aromatic N) is 1. The number of pyridine rings is 1. The van der Waals surface area contributed by atoms with Gasteiger partial charge in [0.25, 0.3) is 0 Å². The van der Waals surface area contributed by atoms with Crippen molar-refractivity contribution in [2.75, 3.05) is 20.3 Å². The number of hydrogen-bond acceptors (Lipinski definition) is 5. The first kappa shape index (κ1) is 14.7. The Morgan fingerprint density at radius 1 is 1.47 bits per heavy atom. The number of sulfonamides is 1. The van der Waals surface area contributed by atoms with E-state index in [-0.39, 0.29) is 11.0 Å². The van der Waals surface area contributed by atoms with E-state index >= 15 is 0 Å². The van der Waals surface area contributed by atoms with E-state index in [0.717, 1.165) is 12.8 Å². The number of nitrogens with one attached hydrogen (secondary N) is 1. The summed E-state index contributed by atoms with van der Waals surface area (Å²) in [6, 6.07) is 1.48. The number of rotatable bonds is 4. The van der Waals surface area contributed by atoms with Crippen molar-refractivity contribution in [3.05, 3.63) is 16.7 Å². The third kappa shape index (κ3) is 3.65. The SMILES string of the molecule is CNS(=O)(=O)c1cnc(OC2CCOCC2)c(Br)c1. The molecule has 1 N–H and O–H groups in total. The molecule has 0 spiro atoms. The summed E-state index contributed by atoms with van der Waals surface area (Å²) in [5.74, 6) is 0.405. The van der Waals surface area contributed by atoms with Gasteiger partial charge < -0.3 is 9.47 Å². The fraction of sp³-hybridized carbons (Fsp3) is 0.545. The summed E-state index contributed by atoms with van der Waals surface area (Å²) in [4.78, 5) is 4.16. The Balaban J connectivity index is 2.15. The summed E-state index contributed by atoms with van der Waals surface area (Å²) in [6.45, 7) is 1.35. The van der Waals surface area contributed by atoms with E-state index < -0.39 is 10.0 Å². The zero-order valence-corrected chi connectivity index (χ0v) is 12.8. The maximum absolute atomic E-state index is 11.6. The van der Waals surface area contributed by atoms with E-state index in [1.807, 2.05) is 0 Å². The molecule has 0 bridgehead atoms. The Hall–Kier alpha value is -0.700. The van der Waals surface area contributed by atoms with Crippen LogP contribution in [0.1, 0.15) is 12.8 Å². The van der Waals surface area contributed by atoms with Crippen molar-refractivity contribution >= 4 is 26.0 Å². The van der Waals surface area contributed by atoms with Gasteiger partial charge in [-0.25, -0.2) is 18.1 Å². The van der Waals surface area contributed by atoms with Crippen LogP contribution in [0.5, 0.6) is 5.88 Å². The molecule has 2 heterocycles. The molecule has 2 rings (SSSR count). The molecule has 6 nitrogen and oxygen atoms in total. The molecule has 1 aliphatic rings. The molecule has 1 aliphatic heterocycles. The lowest BCUT2D eigenvalue weighted by molar-refractivity contribution is 0.0233. The van der Waals surface area contributed by atoms with Gasteiger partial charge in [0.1, 0.15) is 11.0 Å². The molecule has 0 amide bonds. The molecule has 8 heteroatoms. The van der Waals surface area contributed by atoms with Gasteiger partial charge in [-0.05, 0) is 29.0 Å². The lowest BCUT2D eigenvalue weighted by atomic mass is 10.2. The summed E-state index contributed by atoms with van der Waals surface area (Å²) < 4.78 is 37.0. The molecule has 0 radical (unpaired) electrons. The van der Waals surface area contributed by atoms with E-state index in [1.165, 1.54) is 19.3 Å². The molecule has 0 atom stereocenters. The number of ether oxygens (including phenoxy) is 2. The van der Waals surface area contributed by atoms with Gasteiger partial charge in [0, 0.05) is 12.8 Å². The molecule has 1 aromatic heterocycles. The van der Waals surface area contributed by atoms with Crippen LogP contribution in [0.2, 0.25) is 0 Å². The van der Waals surface area contributed by atoms with Gasteiger partial charge in [-0.1, -0.05) is 0 Å². The van der Waals surface area contributed by atoms with E-state index in [2.05, 4.69) is 25.6 Å². The highest BCUT2D eigenvalue weighted by atomic mass is 79.9. The van der Waals surface area contributed by atoms with Crippen molar-refractivity contribution in [3.63, 3.8) is 0 Å². The monoisotopic (exact) mass is 350 g/mol. The molecule has 0 aliphatic carbocycles. The third-order valence-corrected chi connectivity index (χ3v) is 4.76. The van der Waals surface area contributed by atoms with Gasteiger partial charge in [-0.2, -0.15) is 0 Å². The Labute approximate surface area is 120 Å². The molecule has 0 aromatic carbocycles. The lowest BCUT2D eigenvalue weighted by Gasteiger charge is -2.23. The summed E-state index contributed by atoms with van der Waals surface area (Å²) in [5, 5.41) is 0. The van der Waals surface area contributed by atoms with Crippen molar-refractivity contribution < 1.29 is 17.9 Å². The minimum Gasteiger partial charge on any atom is -0.473 e. The third-order valence-electron chi connectivity index (χ3n) is 2.81. The van der Waals surface area contributed by atoms with Crippen LogP contribution < -0.4 is 9.46 Å². The van der Waals surface area contributed by atoms with Crippen LogP contribution in [-0.4, -0.2) is 39.8 Å². The Kier molecular flexibility index (Phi) is 4.77. The first-order valence-corrected chi connectivity index (χ1v) is 8.14. The topological polar surface area (TPSA) is 77.5 Å². The highest BCUT2D eigenvalue weighted by Gasteiger charge is 2.19. The molecule has 1 fully saturated rings. The standard InChI is InChI=1S/C11H15BrN2O4S/c1-13-19(15,16)9-6-10(12)11(14-7-9)18-8-2-4-17-5-3-8/h6-8,13H,2-5H2,1H3. The van der Waals surface area contributed by atoms with Crippen LogP contribution in [-0.2, 0) is 14.8 Å². The Morgan fingerprint density at radius 3 is 2.74 bits per heavy atom. The lowest BCUT2D eigenvalue weighted by Crippen LogP contribution is -2.26. The van der Waals surface area contributed by atoms with Gasteiger partial charge in [-0.15, -0.1) is 0 Å². The summed E-state index contributed by atoms with van der Waals surface area (Å²) >= 11 is 3.28. The van der Waals surface area contributed by atoms with Crippen molar-refractivity contribution in [2.24, 2.45) is 0 Å². The van der Waals surface area contributed by atoms with Crippen LogP contribution in [0.15, 0.2) is 21.6 Å². The molecule has 1 saturated heterocycles. The van der Waals surface area contributed by atoms with Crippen molar-refractivity contribution in [3.8, 4) is 5.88 Å². The molecule has 1 aromatic rings. The fourth-order valence-corrected chi connectivity index (χ4v) is 3.01. The van der Waals surface area contributed by atoms with Crippen LogP contribution in [0.4, 0.5) is 0 Å². The largest absolute Gasteiger partial charge is 0.473 e. The quantitative estimate of drug-likeness (QED) is 0.885. The zero-order valence-electron chi connectivity index (χ0n) is 10.4. The minimum absolute atomic E-state index is 0.0595. The van der Waals surface area contributed by atoms with E-state index in [1.54, 1.807) is 0 Å². The molecular weight excluding hydrogens is 336 g/mol. The minimum atomic E-state index is -3.49. The number of halogens is 1.